The van der Waals surface area contributed by atoms with Gasteiger partial charge in [0.25, 0.3) is 0 Å². The molecule has 6 nitrogen and oxygen atoms in total. The van der Waals surface area contributed by atoms with Gasteiger partial charge in [-0.25, -0.2) is 14.0 Å². The van der Waals surface area contributed by atoms with Crippen molar-refractivity contribution in [2.45, 2.75) is 13.8 Å². The highest BCUT2D eigenvalue weighted by Gasteiger charge is 2.13. The van der Waals surface area contributed by atoms with Crippen LogP contribution in [0.5, 0.6) is 17.2 Å². The van der Waals surface area contributed by atoms with Crippen LogP contribution in [-0.4, -0.2) is 32.3 Å². The molecule has 0 unspecified atom stereocenters. The molecule has 3 aromatic carbocycles. The van der Waals surface area contributed by atoms with Crippen LogP contribution >= 0.6 is 0 Å². The minimum Gasteiger partial charge on any atom is -0.493 e. The van der Waals surface area contributed by atoms with Gasteiger partial charge in [-0.2, -0.15) is 0 Å². The summed E-state index contributed by atoms with van der Waals surface area (Å²) in [5, 5.41) is 0. The van der Waals surface area contributed by atoms with Gasteiger partial charge in [-0.3, -0.25) is 0 Å². The molecule has 0 aliphatic carbocycles. The van der Waals surface area contributed by atoms with Gasteiger partial charge in [0.15, 0.2) is 11.5 Å². The SMILES string of the molecule is C=C(C)C(=O)OCCOc1ccc(-c2ccc(-c3ccc(OC(=O)C(=C)C)cc3)cc2F)cc1OC. The van der Waals surface area contributed by atoms with Gasteiger partial charge >= 0.3 is 11.9 Å². The predicted octanol–water partition coefficient (Wildman–Crippen LogP) is 6.15. The fraction of sp³-hybridized carbons (Fsp3) is 0.172. The van der Waals surface area contributed by atoms with Crippen molar-refractivity contribution in [1.29, 1.82) is 0 Å². The van der Waals surface area contributed by atoms with E-state index in [2.05, 4.69) is 13.2 Å². The zero-order valence-electron chi connectivity index (χ0n) is 20.4. The summed E-state index contributed by atoms with van der Waals surface area (Å²) in [4.78, 5) is 23.1. The maximum absolute atomic E-state index is 15.1. The lowest BCUT2D eigenvalue weighted by Crippen LogP contribution is -2.12. The number of halogens is 1. The van der Waals surface area contributed by atoms with Crippen LogP contribution < -0.4 is 14.2 Å². The molecule has 186 valence electrons. The highest BCUT2D eigenvalue weighted by Crippen LogP contribution is 2.35. The van der Waals surface area contributed by atoms with E-state index in [-0.39, 0.29) is 13.2 Å². The van der Waals surface area contributed by atoms with Crippen LogP contribution in [0.1, 0.15) is 13.8 Å². The third kappa shape index (κ3) is 6.60. The van der Waals surface area contributed by atoms with Crippen molar-refractivity contribution in [3.8, 4) is 39.5 Å². The third-order valence-corrected chi connectivity index (χ3v) is 5.11. The highest BCUT2D eigenvalue weighted by molar-refractivity contribution is 5.89. The Balaban J connectivity index is 1.72. The molecule has 0 aromatic heterocycles. The zero-order valence-corrected chi connectivity index (χ0v) is 20.4. The Kier molecular flexibility index (Phi) is 8.62. The number of carbonyl (C=O) groups is 2. The van der Waals surface area contributed by atoms with Gasteiger partial charge in [0.05, 0.1) is 7.11 Å². The Labute approximate surface area is 209 Å². The lowest BCUT2D eigenvalue weighted by molar-refractivity contribution is -0.139. The monoisotopic (exact) mass is 490 g/mol. The van der Waals surface area contributed by atoms with Gasteiger partial charge in [0, 0.05) is 16.7 Å². The Hall–Kier alpha value is -4.39. The smallest absolute Gasteiger partial charge is 0.338 e. The minimum absolute atomic E-state index is 0.0595. The van der Waals surface area contributed by atoms with E-state index in [9.17, 15) is 9.59 Å². The fourth-order valence-electron chi connectivity index (χ4n) is 3.20. The second kappa shape index (κ2) is 11.8. The fourth-order valence-corrected chi connectivity index (χ4v) is 3.20. The summed E-state index contributed by atoms with van der Waals surface area (Å²) in [5.41, 5.74) is 3.06. The number of rotatable bonds is 10. The number of esters is 2. The van der Waals surface area contributed by atoms with Gasteiger partial charge in [-0.05, 0) is 60.9 Å². The number of hydrogen-bond acceptors (Lipinski definition) is 6. The molecular formula is C29H27FO6. The number of ether oxygens (including phenoxy) is 4. The van der Waals surface area contributed by atoms with Crippen molar-refractivity contribution in [2.24, 2.45) is 0 Å². The average molecular weight is 491 g/mol. The zero-order chi connectivity index (χ0) is 26.2. The molecule has 3 rings (SSSR count). The molecule has 0 radical (unpaired) electrons. The number of carbonyl (C=O) groups excluding carboxylic acids is 2. The Morgan fingerprint density at radius 1 is 0.778 bits per heavy atom. The van der Waals surface area contributed by atoms with Gasteiger partial charge in [-0.1, -0.05) is 43.5 Å². The molecule has 0 aliphatic rings. The van der Waals surface area contributed by atoms with Gasteiger partial charge < -0.3 is 18.9 Å². The van der Waals surface area contributed by atoms with Crippen molar-refractivity contribution in [3.05, 3.63) is 90.8 Å². The van der Waals surface area contributed by atoms with E-state index in [1.54, 1.807) is 68.4 Å². The topological polar surface area (TPSA) is 71.1 Å². The Bertz CT molecular complexity index is 1290. The largest absolute Gasteiger partial charge is 0.493 e. The molecule has 0 saturated carbocycles. The van der Waals surface area contributed by atoms with E-state index in [4.69, 9.17) is 18.9 Å². The summed E-state index contributed by atoms with van der Waals surface area (Å²) < 4.78 is 36.3. The first-order valence-corrected chi connectivity index (χ1v) is 11.1. The first-order valence-electron chi connectivity index (χ1n) is 11.1. The van der Waals surface area contributed by atoms with Crippen molar-refractivity contribution < 1.29 is 32.9 Å². The average Bonchev–Trinajstić information content (AvgIpc) is 2.86. The molecule has 0 fully saturated rings. The summed E-state index contributed by atoms with van der Waals surface area (Å²) in [7, 11) is 1.49. The maximum atomic E-state index is 15.1. The van der Waals surface area contributed by atoms with Crippen molar-refractivity contribution in [2.75, 3.05) is 20.3 Å². The predicted molar refractivity (Wildman–Crippen MR) is 136 cm³/mol. The van der Waals surface area contributed by atoms with Gasteiger partial charge in [0.1, 0.15) is 24.8 Å². The number of benzene rings is 3. The lowest BCUT2D eigenvalue weighted by atomic mass is 9.99. The molecule has 36 heavy (non-hydrogen) atoms. The highest BCUT2D eigenvalue weighted by atomic mass is 19.1. The molecule has 0 atom stereocenters. The van der Waals surface area contributed by atoms with E-state index in [0.29, 0.717) is 45.1 Å². The molecule has 0 saturated heterocycles. The molecular weight excluding hydrogens is 463 g/mol. The minimum atomic E-state index is -0.504. The number of methoxy groups -OCH3 is 1. The normalized spacial score (nSPS) is 10.3. The van der Waals surface area contributed by atoms with E-state index in [0.717, 1.165) is 5.56 Å². The van der Waals surface area contributed by atoms with Crippen molar-refractivity contribution in [1.82, 2.24) is 0 Å². The summed E-state index contributed by atoms with van der Waals surface area (Å²) in [5.74, 6) is -0.155. The second-order valence-corrected chi connectivity index (χ2v) is 8.02. The Morgan fingerprint density at radius 2 is 1.42 bits per heavy atom. The summed E-state index contributed by atoms with van der Waals surface area (Å²) in [6, 6.07) is 16.8. The molecule has 0 heterocycles. The van der Waals surface area contributed by atoms with E-state index in [1.165, 1.54) is 13.2 Å². The van der Waals surface area contributed by atoms with Gasteiger partial charge in [0.2, 0.25) is 0 Å². The van der Waals surface area contributed by atoms with E-state index >= 15 is 4.39 Å². The van der Waals surface area contributed by atoms with Crippen molar-refractivity contribution in [3.63, 3.8) is 0 Å². The molecule has 3 aromatic rings. The molecule has 0 amide bonds. The Morgan fingerprint density at radius 3 is 2.03 bits per heavy atom. The van der Waals surface area contributed by atoms with Gasteiger partial charge in [-0.15, -0.1) is 0 Å². The van der Waals surface area contributed by atoms with Crippen LogP contribution in [0, 0.1) is 5.82 Å². The van der Waals surface area contributed by atoms with Crippen LogP contribution in [0.3, 0.4) is 0 Å². The second-order valence-electron chi connectivity index (χ2n) is 8.02. The first kappa shape index (κ1) is 26.2. The molecule has 0 spiro atoms. The molecule has 0 N–H and O–H groups in total. The summed E-state index contributed by atoms with van der Waals surface area (Å²) >= 11 is 0. The quantitative estimate of drug-likeness (QED) is 0.147. The summed E-state index contributed by atoms with van der Waals surface area (Å²) in [6.45, 7) is 10.4. The number of hydrogen-bond donors (Lipinski definition) is 0. The third-order valence-electron chi connectivity index (χ3n) is 5.11. The summed E-state index contributed by atoms with van der Waals surface area (Å²) in [6.07, 6.45) is 0. The van der Waals surface area contributed by atoms with Crippen LogP contribution in [-0.2, 0) is 14.3 Å². The molecule has 0 aliphatic heterocycles. The van der Waals surface area contributed by atoms with Crippen LogP contribution in [0.2, 0.25) is 0 Å². The van der Waals surface area contributed by atoms with E-state index in [1.807, 2.05) is 0 Å². The standard InChI is InChI=1S/C29H27FO6/c1-18(2)28(31)35-15-14-34-26-13-9-22(17-27(26)33-5)24-12-8-21(16-25(24)30)20-6-10-23(11-7-20)36-29(32)19(3)4/h6-13,16-17H,1,3,14-15H2,2,4-5H3. The van der Waals surface area contributed by atoms with Crippen molar-refractivity contribution >= 4 is 11.9 Å². The maximum Gasteiger partial charge on any atom is 0.338 e. The first-order chi connectivity index (χ1) is 17.2. The van der Waals surface area contributed by atoms with E-state index < -0.39 is 17.8 Å². The van der Waals surface area contributed by atoms with Crippen LogP contribution in [0.4, 0.5) is 4.39 Å². The lowest BCUT2D eigenvalue weighted by Gasteiger charge is -2.13. The molecule has 7 heteroatoms. The van der Waals surface area contributed by atoms with Crippen LogP contribution in [0.15, 0.2) is 85.0 Å². The van der Waals surface area contributed by atoms with Crippen LogP contribution in [0.25, 0.3) is 22.3 Å². The molecule has 0 bridgehead atoms.